The number of nitrogens with zero attached hydrogens (tertiary/aromatic N) is 8. The summed E-state index contributed by atoms with van der Waals surface area (Å²) >= 11 is 0. The maximum absolute atomic E-state index is 13.0. The van der Waals surface area contributed by atoms with Crippen molar-refractivity contribution in [2.45, 2.75) is 0 Å². The van der Waals surface area contributed by atoms with E-state index in [0.29, 0.717) is 16.5 Å². The number of aromatic hydroxyl groups is 1. The lowest BCUT2D eigenvalue weighted by Crippen LogP contribution is -2.12. The van der Waals surface area contributed by atoms with Gasteiger partial charge in [-0.3, -0.25) is 4.79 Å². The predicted octanol–water partition coefficient (Wildman–Crippen LogP) is 5.13. The Bertz CT molecular complexity index is 1610. The number of aromatic nitrogens is 5. The Morgan fingerprint density at radius 1 is 1.03 bits per heavy atom. The third kappa shape index (κ3) is 4.14. The third-order valence-electron chi connectivity index (χ3n) is 5.03. The van der Waals surface area contributed by atoms with E-state index in [1.807, 2.05) is 12.1 Å². The van der Waals surface area contributed by atoms with Crippen molar-refractivity contribution in [3.63, 3.8) is 0 Å². The first-order valence-electron chi connectivity index (χ1n) is 10.3. The number of hydrogen-bond acceptors (Lipinski definition) is 8. The van der Waals surface area contributed by atoms with Gasteiger partial charge in [0.15, 0.2) is 11.6 Å². The first-order chi connectivity index (χ1) is 17.2. The fourth-order valence-electron chi connectivity index (χ4n) is 3.40. The van der Waals surface area contributed by atoms with Crippen molar-refractivity contribution in [3.8, 4) is 11.7 Å². The van der Waals surface area contributed by atoms with E-state index in [2.05, 4.69) is 40.4 Å². The summed E-state index contributed by atoms with van der Waals surface area (Å²) in [5.74, 6) is -0.646. The molecule has 0 atom stereocenters. The molecule has 0 saturated carbocycles. The Balaban J connectivity index is 1.61. The van der Waals surface area contributed by atoms with E-state index in [9.17, 15) is 9.90 Å². The van der Waals surface area contributed by atoms with Crippen LogP contribution in [0.4, 0.5) is 22.9 Å². The van der Waals surface area contributed by atoms with Crippen molar-refractivity contribution in [2.24, 2.45) is 10.2 Å². The lowest BCUT2D eigenvalue weighted by atomic mass is 10.0. The molecule has 0 bridgehead atoms. The Labute approximate surface area is 198 Å². The van der Waals surface area contributed by atoms with Gasteiger partial charge in [-0.1, -0.05) is 42.5 Å². The summed E-state index contributed by atoms with van der Waals surface area (Å²) in [5.41, 5.74) is 0.783. The van der Waals surface area contributed by atoms with Gasteiger partial charge in [-0.05, 0) is 23.6 Å². The normalized spacial score (nSPS) is 10.9. The van der Waals surface area contributed by atoms with E-state index in [1.165, 1.54) is 23.5 Å². The van der Waals surface area contributed by atoms with Gasteiger partial charge in [0, 0.05) is 11.1 Å². The van der Waals surface area contributed by atoms with Crippen LogP contribution in [-0.2, 0) is 0 Å². The molecule has 11 nitrogen and oxygen atoms in total. The number of carbonyl (C=O) groups is 1. The van der Waals surface area contributed by atoms with Crippen LogP contribution in [0.25, 0.3) is 21.6 Å². The molecule has 0 aliphatic heterocycles. The zero-order chi connectivity index (χ0) is 24.2. The number of fused-ring (bicyclic) bond motifs is 1. The second-order valence-corrected chi connectivity index (χ2v) is 7.18. The van der Waals surface area contributed by atoms with Crippen molar-refractivity contribution >= 4 is 39.6 Å². The van der Waals surface area contributed by atoms with Crippen molar-refractivity contribution in [3.05, 3.63) is 96.5 Å². The quantitative estimate of drug-likeness (QED) is 0.275. The van der Waals surface area contributed by atoms with Gasteiger partial charge in [-0.2, -0.15) is 19.7 Å². The fourth-order valence-corrected chi connectivity index (χ4v) is 3.40. The lowest BCUT2D eigenvalue weighted by Gasteiger charge is -2.11. The maximum Gasteiger partial charge on any atom is 0.259 e. The molecule has 2 N–H and O–H groups in total. The van der Waals surface area contributed by atoms with Crippen molar-refractivity contribution in [1.29, 1.82) is 0 Å². The summed E-state index contributed by atoms with van der Waals surface area (Å²) in [5, 5.41) is 27.6. The average molecular weight is 461 g/mol. The molecule has 2 heterocycles. The lowest BCUT2D eigenvalue weighted by molar-refractivity contribution is 0.102. The molecule has 1 amide bonds. The van der Waals surface area contributed by atoms with Gasteiger partial charge >= 0.3 is 0 Å². The molecule has 168 valence electrons. The molecule has 0 radical (unpaired) electrons. The Morgan fingerprint density at radius 3 is 2.54 bits per heavy atom. The number of amides is 1. The van der Waals surface area contributed by atoms with Gasteiger partial charge in [0.1, 0.15) is 18.3 Å². The maximum atomic E-state index is 13.0. The van der Waals surface area contributed by atoms with Gasteiger partial charge < -0.3 is 10.4 Å². The zero-order valence-corrected chi connectivity index (χ0v) is 17.9. The van der Waals surface area contributed by atoms with E-state index in [0.717, 1.165) is 0 Å². The first kappa shape index (κ1) is 21.4. The summed E-state index contributed by atoms with van der Waals surface area (Å²) in [4.78, 5) is 28.2. The molecule has 0 fully saturated rings. The van der Waals surface area contributed by atoms with Crippen LogP contribution in [0.15, 0.2) is 89.7 Å². The molecular weight excluding hydrogens is 446 g/mol. The molecule has 0 spiro atoms. The van der Waals surface area contributed by atoms with Crippen LogP contribution in [0, 0.1) is 6.57 Å². The van der Waals surface area contributed by atoms with E-state index in [1.54, 1.807) is 48.5 Å². The molecule has 2 aromatic heterocycles. The molecule has 35 heavy (non-hydrogen) atoms. The van der Waals surface area contributed by atoms with Crippen LogP contribution in [0.2, 0.25) is 0 Å². The summed E-state index contributed by atoms with van der Waals surface area (Å²) in [6, 6.07) is 17.6. The Hall–Kier alpha value is -5.50. The molecule has 5 aromatic rings. The summed E-state index contributed by atoms with van der Waals surface area (Å²) in [6.45, 7) is 7.43. The Morgan fingerprint density at radius 2 is 1.77 bits per heavy atom. The fraction of sp³-hybridized carbons (Fsp3) is 0. The zero-order valence-electron chi connectivity index (χ0n) is 17.9. The predicted molar refractivity (Wildman–Crippen MR) is 127 cm³/mol. The van der Waals surface area contributed by atoms with Gasteiger partial charge in [0.25, 0.3) is 17.5 Å². The number of carbonyl (C=O) groups excluding carboxylic acids is 1. The minimum Gasteiger partial charge on any atom is -0.505 e. The number of benzene rings is 3. The number of hydrogen-bond donors (Lipinski definition) is 2. The van der Waals surface area contributed by atoms with Gasteiger partial charge in [0.2, 0.25) is 0 Å². The van der Waals surface area contributed by atoms with Crippen LogP contribution in [-0.4, -0.2) is 35.7 Å². The first-order valence-corrected chi connectivity index (χ1v) is 10.3. The number of anilines is 1. The van der Waals surface area contributed by atoms with Crippen molar-refractivity contribution in [1.82, 2.24) is 24.7 Å². The topological polar surface area (TPSA) is 135 Å². The van der Waals surface area contributed by atoms with E-state index >= 15 is 0 Å². The molecule has 0 aliphatic carbocycles. The van der Waals surface area contributed by atoms with Crippen molar-refractivity contribution < 1.29 is 9.90 Å². The molecule has 0 unspecified atom stereocenters. The molecule has 0 saturated heterocycles. The van der Waals surface area contributed by atoms with Gasteiger partial charge in [0.05, 0.1) is 18.3 Å². The summed E-state index contributed by atoms with van der Waals surface area (Å²) < 4.78 is 1.24. The van der Waals surface area contributed by atoms with Crippen LogP contribution >= 0.6 is 0 Å². The molecule has 5 rings (SSSR count). The highest BCUT2D eigenvalue weighted by Gasteiger charge is 2.20. The van der Waals surface area contributed by atoms with Crippen molar-refractivity contribution in [2.75, 3.05) is 5.32 Å². The molecule has 3 aromatic carbocycles. The van der Waals surface area contributed by atoms with Crippen LogP contribution in [0.5, 0.6) is 5.75 Å². The monoisotopic (exact) mass is 461 g/mol. The van der Waals surface area contributed by atoms with Gasteiger partial charge in [-0.15, -0.1) is 10.2 Å². The Kier molecular flexibility index (Phi) is 5.59. The number of nitrogens with one attached hydrogen (secondary N) is 1. The second-order valence-electron chi connectivity index (χ2n) is 7.18. The minimum absolute atomic E-state index is 0.0258. The number of para-hydroxylation sites is 1. The van der Waals surface area contributed by atoms with E-state index in [4.69, 9.17) is 6.57 Å². The molecular formula is C24H15N9O2. The van der Waals surface area contributed by atoms with Crippen LogP contribution in [0.1, 0.15) is 10.4 Å². The highest BCUT2D eigenvalue weighted by molar-refractivity contribution is 6.11. The SMILES string of the molecule is [C-]#[N+]c1cnn(-c2ncncn2)c1N=Nc1c(O)c(C(=O)Nc2ccccc2)cc2ccccc12. The highest BCUT2D eigenvalue weighted by atomic mass is 16.3. The largest absolute Gasteiger partial charge is 0.505 e. The number of phenols is 1. The molecule has 11 heteroatoms. The molecule has 0 aliphatic rings. The standard InChI is InChI=1S/C24H15N9O2/c1-25-19-12-29-33(24-27-13-26-14-28-24)22(19)32-31-20-17-10-6-5-7-15(17)11-18(21(20)34)23(35)30-16-8-3-2-4-9-16/h2-14,34H,(H,30,35). The highest BCUT2D eigenvalue weighted by Crippen LogP contribution is 2.40. The van der Waals surface area contributed by atoms with Crippen LogP contribution in [0.3, 0.4) is 0 Å². The van der Waals surface area contributed by atoms with E-state index in [-0.39, 0.29) is 34.5 Å². The smallest absolute Gasteiger partial charge is 0.259 e. The summed E-state index contributed by atoms with van der Waals surface area (Å²) in [7, 11) is 0. The van der Waals surface area contributed by atoms with E-state index < -0.39 is 5.91 Å². The average Bonchev–Trinajstić information content (AvgIpc) is 3.32. The van der Waals surface area contributed by atoms with Crippen LogP contribution < -0.4 is 5.32 Å². The van der Waals surface area contributed by atoms with Gasteiger partial charge in [-0.25, -0.2) is 9.83 Å². The number of azo groups is 1. The second kappa shape index (κ2) is 9.16. The number of phenolic OH excluding ortho intramolecular Hbond substituents is 1. The number of rotatable bonds is 5. The minimum atomic E-state index is -0.507. The third-order valence-corrected chi connectivity index (χ3v) is 5.03. The summed E-state index contributed by atoms with van der Waals surface area (Å²) in [6.07, 6.45) is 3.89.